The van der Waals surface area contributed by atoms with Crippen LogP contribution < -0.4 is 28.7 Å². The first kappa shape index (κ1) is 38.0. The van der Waals surface area contributed by atoms with Crippen LogP contribution in [0.25, 0.3) is 0 Å². The number of likely N-dealkylation sites (N-methyl/N-ethyl adjacent to an activating group) is 1. The Bertz CT molecular complexity index is 2000. The molecule has 0 spiro atoms. The number of pyridine rings is 1. The molecule has 0 N–H and O–H groups in total. The summed E-state index contributed by atoms with van der Waals surface area (Å²) in [5.74, 6) is 3.90. The van der Waals surface area contributed by atoms with Gasteiger partial charge in [-0.05, 0) is 111 Å². The monoisotopic (exact) mass is 717 g/mol. The van der Waals surface area contributed by atoms with Crippen LogP contribution in [0.3, 0.4) is 0 Å². The lowest BCUT2D eigenvalue weighted by Crippen LogP contribution is -2.43. The van der Waals surface area contributed by atoms with E-state index in [-0.39, 0.29) is 10.8 Å². The largest absolute Gasteiger partial charge is 0.497 e. The molecule has 0 saturated carbocycles. The number of hydrogen-bond acceptors (Lipinski definition) is 5. The van der Waals surface area contributed by atoms with E-state index < -0.39 is 0 Å². The van der Waals surface area contributed by atoms with Crippen LogP contribution >= 0.6 is 0 Å². The molecular formula is C46H59N3O4+2. The van der Waals surface area contributed by atoms with E-state index in [1.165, 1.54) is 57.9 Å². The Labute approximate surface area is 317 Å². The Kier molecular flexibility index (Phi) is 11.2. The minimum atomic E-state index is -0.190. The van der Waals surface area contributed by atoms with Crippen molar-refractivity contribution in [2.45, 2.75) is 91.4 Å². The van der Waals surface area contributed by atoms with Crippen LogP contribution in [-0.4, -0.2) is 44.7 Å². The van der Waals surface area contributed by atoms with Gasteiger partial charge >= 0.3 is 0 Å². The minimum absolute atomic E-state index is 0.188. The van der Waals surface area contributed by atoms with Crippen molar-refractivity contribution in [1.29, 1.82) is 0 Å². The first-order valence-corrected chi connectivity index (χ1v) is 19.3. The number of aromatic nitrogens is 1. The highest BCUT2D eigenvalue weighted by Gasteiger charge is 2.44. The first-order valence-electron chi connectivity index (χ1n) is 19.3. The lowest BCUT2D eigenvalue weighted by Gasteiger charge is -2.24. The van der Waals surface area contributed by atoms with Gasteiger partial charge in [0.05, 0.1) is 19.6 Å². The number of unbranched alkanes of at least 4 members (excludes halogenated alkanes) is 1. The molecule has 0 amide bonds. The topological polar surface area (TPSA) is 47.0 Å². The van der Waals surface area contributed by atoms with Gasteiger partial charge in [0.2, 0.25) is 11.9 Å². The second-order valence-corrected chi connectivity index (χ2v) is 15.7. The van der Waals surface area contributed by atoms with E-state index in [0.717, 1.165) is 48.8 Å². The SMILES string of the molecule is CCCCC(C)CO[n+]1cccc(OC2=C(/C=C/C3=[N+](CC)c4ccc(OC)cc4C3(C)C)CC/C2=C\C=C2\N(C)c3ccc(OC)cc3C2(C)C)c1. The van der Waals surface area contributed by atoms with Gasteiger partial charge in [0.25, 0.3) is 6.20 Å². The van der Waals surface area contributed by atoms with Crippen LogP contribution in [0.15, 0.2) is 108 Å². The van der Waals surface area contributed by atoms with E-state index in [0.29, 0.717) is 12.5 Å². The van der Waals surface area contributed by atoms with E-state index in [2.05, 4.69) is 120 Å². The maximum Gasteiger partial charge on any atom is 0.264 e. The number of nitrogens with zero attached hydrogens (tertiary/aromatic N) is 3. The van der Waals surface area contributed by atoms with E-state index >= 15 is 0 Å². The van der Waals surface area contributed by atoms with Crippen molar-refractivity contribution in [1.82, 2.24) is 0 Å². The van der Waals surface area contributed by atoms with Gasteiger partial charge in [-0.1, -0.05) is 46.6 Å². The number of benzene rings is 2. The Hall–Kier alpha value is -4.78. The van der Waals surface area contributed by atoms with Crippen LogP contribution in [-0.2, 0) is 10.8 Å². The molecule has 3 aromatic rings. The van der Waals surface area contributed by atoms with E-state index in [1.54, 1.807) is 19.0 Å². The molecule has 3 heterocycles. The Morgan fingerprint density at radius 3 is 2.32 bits per heavy atom. The van der Waals surface area contributed by atoms with E-state index in [4.69, 9.17) is 19.0 Å². The lowest BCUT2D eigenvalue weighted by molar-refractivity contribution is -0.892. The van der Waals surface area contributed by atoms with E-state index in [1.807, 2.05) is 30.6 Å². The normalized spacial score (nSPS) is 19.4. The van der Waals surface area contributed by atoms with Gasteiger partial charge in [-0.25, -0.2) is 0 Å². The van der Waals surface area contributed by atoms with Crippen molar-refractivity contribution < 1.29 is 28.4 Å². The average molecular weight is 718 g/mol. The van der Waals surface area contributed by atoms with Crippen LogP contribution in [0.2, 0.25) is 0 Å². The summed E-state index contributed by atoms with van der Waals surface area (Å²) in [6, 6.07) is 16.8. The molecule has 3 aliphatic rings. The van der Waals surface area contributed by atoms with Gasteiger partial charge in [0, 0.05) is 52.3 Å². The third kappa shape index (κ3) is 7.53. The molecule has 2 aliphatic heterocycles. The highest BCUT2D eigenvalue weighted by atomic mass is 16.7. The molecule has 0 fully saturated rings. The molecule has 2 aromatic carbocycles. The summed E-state index contributed by atoms with van der Waals surface area (Å²) >= 11 is 0. The second-order valence-electron chi connectivity index (χ2n) is 15.7. The van der Waals surface area contributed by atoms with Gasteiger partial charge in [-0.15, -0.1) is 0 Å². The molecule has 0 saturated heterocycles. The van der Waals surface area contributed by atoms with Gasteiger partial charge in [0.1, 0.15) is 23.8 Å². The third-order valence-electron chi connectivity index (χ3n) is 11.3. The van der Waals surface area contributed by atoms with Crippen LogP contribution in [0.1, 0.15) is 91.7 Å². The van der Waals surface area contributed by atoms with Crippen LogP contribution in [0, 0.1) is 5.92 Å². The molecule has 1 aromatic heterocycles. The first-order chi connectivity index (χ1) is 25.4. The highest BCUT2D eigenvalue weighted by Crippen LogP contribution is 2.48. The molecule has 280 valence electrons. The summed E-state index contributed by atoms with van der Waals surface area (Å²) in [6.45, 7) is 17.4. The summed E-state index contributed by atoms with van der Waals surface area (Å²) in [5.41, 5.74) is 9.46. The fourth-order valence-electron chi connectivity index (χ4n) is 8.12. The summed E-state index contributed by atoms with van der Waals surface area (Å²) in [5, 5.41) is 0. The lowest BCUT2D eigenvalue weighted by atomic mass is 9.81. The number of anilines is 1. The van der Waals surface area contributed by atoms with E-state index in [9.17, 15) is 0 Å². The van der Waals surface area contributed by atoms with Crippen LogP contribution in [0.4, 0.5) is 11.4 Å². The highest BCUT2D eigenvalue weighted by molar-refractivity contribution is 6.03. The molecule has 0 radical (unpaired) electrons. The fourth-order valence-corrected chi connectivity index (χ4v) is 8.12. The predicted octanol–water partition coefficient (Wildman–Crippen LogP) is 9.56. The maximum atomic E-state index is 6.87. The molecular weight excluding hydrogens is 659 g/mol. The Morgan fingerprint density at radius 2 is 1.60 bits per heavy atom. The van der Waals surface area contributed by atoms with Crippen molar-refractivity contribution in [2.24, 2.45) is 5.92 Å². The molecule has 0 bridgehead atoms. The van der Waals surface area contributed by atoms with Crippen molar-refractivity contribution in [2.75, 3.05) is 39.3 Å². The minimum Gasteiger partial charge on any atom is -0.497 e. The molecule has 7 nitrogen and oxygen atoms in total. The Morgan fingerprint density at radius 1 is 0.868 bits per heavy atom. The third-order valence-corrected chi connectivity index (χ3v) is 11.3. The molecule has 1 atom stereocenters. The molecule has 7 heteroatoms. The smallest absolute Gasteiger partial charge is 0.264 e. The van der Waals surface area contributed by atoms with Gasteiger partial charge in [0.15, 0.2) is 18.1 Å². The second kappa shape index (κ2) is 15.7. The number of allylic oxidation sites excluding steroid dienone is 7. The Balaban J connectivity index is 1.37. The summed E-state index contributed by atoms with van der Waals surface area (Å²) in [4.78, 5) is 8.48. The molecule has 1 aliphatic carbocycles. The van der Waals surface area contributed by atoms with Crippen molar-refractivity contribution in [3.8, 4) is 17.2 Å². The van der Waals surface area contributed by atoms with Crippen LogP contribution in [0.5, 0.6) is 17.2 Å². The number of rotatable bonds is 14. The maximum absolute atomic E-state index is 6.87. The summed E-state index contributed by atoms with van der Waals surface area (Å²) in [6.07, 6.45) is 18.4. The van der Waals surface area contributed by atoms with Crippen molar-refractivity contribution in [3.63, 3.8) is 0 Å². The van der Waals surface area contributed by atoms with Gasteiger partial charge in [-0.2, -0.15) is 4.58 Å². The van der Waals surface area contributed by atoms with Gasteiger partial charge in [-0.3, -0.25) is 4.84 Å². The molecule has 1 unspecified atom stereocenters. The standard InChI is InChI=1S/C46H59N3O4/c1-11-13-15-32(3)31-52-48-27-14-16-37(30-48)53-44-33(19-25-42-45(4,5)38-28-35(50-9)21-23-40(38)47(42)8)17-18-34(44)20-26-43-46(6,7)39-29-36(51-10)22-24-41(39)49(43)12-2/h14,16,19-30,32H,11-13,15,17-18,31H2,1-10H3/q+2. The predicted molar refractivity (Wildman–Crippen MR) is 215 cm³/mol. The number of hydrogen-bond donors (Lipinski definition) is 0. The zero-order valence-electron chi connectivity index (χ0n) is 33.6. The molecule has 53 heavy (non-hydrogen) atoms. The fraction of sp³-hybridized carbons (Fsp3) is 0.435. The number of ether oxygens (including phenoxy) is 3. The average Bonchev–Trinajstić information content (AvgIpc) is 3.70. The van der Waals surface area contributed by atoms with Gasteiger partial charge < -0.3 is 19.1 Å². The quantitative estimate of drug-likeness (QED) is 0.156. The van der Waals surface area contributed by atoms with Crippen molar-refractivity contribution >= 4 is 17.1 Å². The number of fused-ring (bicyclic) bond motifs is 2. The summed E-state index contributed by atoms with van der Waals surface area (Å²) in [7, 11) is 5.61. The summed E-state index contributed by atoms with van der Waals surface area (Å²) < 4.78 is 22.3. The van der Waals surface area contributed by atoms with Crippen molar-refractivity contribution in [3.05, 3.63) is 119 Å². The zero-order valence-corrected chi connectivity index (χ0v) is 33.6. The number of methoxy groups -OCH3 is 2. The zero-order chi connectivity index (χ0) is 37.9. The molecule has 6 rings (SSSR count).